The summed E-state index contributed by atoms with van der Waals surface area (Å²) in [5.41, 5.74) is 5.39. The number of hydrogen-bond acceptors (Lipinski definition) is 4. The number of rotatable bonds is 2. The molecule has 0 aromatic carbocycles. The average Bonchev–Trinajstić information content (AvgIpc) is 2.94. The van der Waals surface area contributed by atoms with Gasteiger partial charge in [0.25, 0.3) is 0 Å². The first-order chi connectivity index (χ1) is 11.5. The highest BCUT2D eigenvalue weighted by molar-refractivity contribution is 5.78. The van der Waals surface area contributed by atoms with Gasteiger partial charge in [-0.1, -0.05) is 0 Å². The Kier molecular flexibility index (Phi) is 2.49. The van der Waals surface area contributed by atoms with E-state index in [1.165, 1.54) is 23.8 Å². The molecule has 1 fully saturated rings. The lowest BCUT2D eigenvalue weighted by Crippen LogP contribution is -2.43. The van der Waals surface area contributed by atoms with Crippen LogP contribution in [0.15, 0.2) is 17.1 Å². The molecule has 7 heteroatoms. The average molecular weight is 306 g/mol. The Labute approximate surface area is 132 Å². The smallest absolute Gasteiger partial charge is 0.329 e. The molecule has 0 aliphatic heterocycles. The van der Waals surface area contributed by atoms with Crippen molar-refractivity contribution in [2.24, 2.45) is 6.98 Å². The van der Waals surface area contributed by atoms with Crippen LogP contribution < -0.4 is 16.7 Å². The van der Waals surface area contributed by atoms with Crippen LogP contribution in [-0.4, -0.2) is 25.6 Å². The Morgan fingerprint density at radius 2 is 2.36 bits per heavy atom. The van der Waals surface area contributed by atoms with Gasteiger partial charge in [0.2, 0.25) is 5.91 Å². The minimum Gasteiger partial charge on any atom is -0.384 e. The molecule has 2 atom stereocenters. The fourth-order valence-electron chi connectivity index (χ4n) is 3.45. The van der Waals surface area contributed by atoms with Crippen molar-refractivity contribution in [3.8, 4) is 0 Å². The maximum absolute atomic E-state index is 12.9. The molecule has 22 heavy (non-hydrogen) atoms. The van der Waals surface area contributed by atoms with Crippen LogP contribution in [0.4, 0.5) is 5.82 Å². The third-order valence-corrected chi connectivity index (χ3v) is 4.34. The highest BCUT2D eigenvalue weighted by atomic mass is 16.2. The molecule has 1 aliphatic rings. The number of fused-ring (bicyclic) bond motifs is 1. The van der Waals surface area contributed by atoms with Gasteiger partial charge in [-0.2, -0.15) is 0 Å². The van der Waals surface area contributed by atoms with E-state index in [0.29, 0.717) is 24.8 Å². The number of carbonyl (C=O) groups is 1. The number of aromatic nitrogens is 3. The molecule has 0 saturated heterocycles. The Hall–Kier alpha value is -2.31. The maximum atomic E-state index is 12.9. The van der Waals surface area contributed by atoms with E-state index in [2.05, 4.69) is 10.3 Å². The van der Waals surface area contributed by atoms with E-state index in [9.17, 15) is 9.59 Å². The van der Waals surface area contributed by atoms with Crippen molar-refractivity contribution in [1.82, 2.24) is 19.4 Å². The first-order valence-corrected chi connectivity index (χ1v) is 7.19. The lowest BCUT2D eigenvalue weighted by Gasteiger charge is -2.25. The molecule has 7 nitrogen and oxygen atoms in total. The third-order valence-electron chi connectivity index (χ3n) is 4.34. The lowest BCUT2D eigenvalue weighted by atomic mass is 10.0. The number of anilines is 1. The number of pyridine rings is 1. The molecule has 1 aliphatic carbocycles. The third kappa shape index (κ3) is 2.26. The van der Waals surface area contributed by atoms with Crippen LogP contribution in [-0.2, 0) is 11.8 Å². The van der Waals surface area contributed by atoms with Crippen LogP contribution in [0.1, 0.15) is 43.3 Å². The highest BCUT2D eigenvalue weighted by Crippen LogP contribution is 2.38. The molecular weight excluding hydrogens is 282 g/mol. The summed E-state index contributed by atoms with van der Waals surface area (Å²) in [4.78, 5) is 28.2. The summed E-state index contributed by atoms with van der Waals surface area (Å²) in [6.45, 7) is 0.772. The van der Waals surface area contributed by atoms with E-state index >= 15 is 0 Å². The van der Waals surface area contributed by atoms with Crippen molar-refractivity contribution >= 4 is 22.8 Å². The second-order valence-electron chi connectivity index (χ2n) is 6.22. The summed E-state index contributed by atoms with van der Waals surface area (Å²) in [6.07, 6.45) is 3.20. The molecule has 2 aromatic heterocycles. The molecular formula is C15H21N5O2. The van der Waals surface area contributed by atoms with Gasteiger partial charge in [0.15, 0.2) is 0 Å². The van der Waals surface area contributed by atoms with E-state index in [0.717, 1.165) is 4.57 Å². The van der Waals surface area contributed by atoms with Crippen molar-refractivity contribution in [2.45, 2.75) is 44.7 Å². The van der Waals surface area contributed by atoms with E-state index < -0.39 is 18.2 Å². The number of hydrogen-bond donors (Lipinski definition) is 2. The van der Waals surface area contributed by atoms with Gasteiger partial charge in [-0.3, -0.25) is 13.9 Å². The molecule has 3 N–H and O–H groups in total. The fourth-order valence-corrected chi connectivity index (χ4v) is 3.45. The summed E-state index contributed by atoms with van der Waals surface area (Å²) in [5, 5.41) is 2.92. The lowest BCUT2D eigenvalue weighted by molar-refractivity contribution is -0.120. The second-order valence-corrected chi connectivity index (χ2v) is 6.22. The normalized spacial score (nSPS) is 27.4. The quantitative estimate of drug-likeness (QED) is 0.863. The van der Waals surface area contributed by atoms with E-state index in [1.54, 1.807) is 0 Å². The predicted octanol–water partition coefficient (Wildman–Crippen LogP) is 0.937. The molecule has 118 valence electrons. The Balaban J connectivity index is 2.14. The number of nitrogen functional groups attached to an aromatic ring is 1. The number of nitrogens with two attached hydrogens (primary N) is 1. The Bertz CT molecular complexity index is 901. The summed E-state index contributed by atoms with van der Waals surface area (Å²) >= 11 is 0. The minimum absolute atomic E-state index is 0.131. The van der Waals surface area contributed by atoms with Crippen LogP contribution in [0.2, 0.25) is 0 Å². The zero-order chi connectivity index (χ0) is 18.6. The van der Waals surface area contributed by atoms with E-state index in [4.69, 9.17) is 9.85 Å². The van der Waals surface area contributed by atoms with Gasteiger partial charge in [-0.15, -0.1) is 0 Å². The standard InChI is InChI=1S/C15H21N5O2/c1-9(21)18-15(2)5-4-10(7-15)20-11-6-13(16)17-8-12(11)19(3)14(20)22/h6,8,10H,4-5,7H2,1-3H3,(H2,16,17)(H,18,21)/t10-,15+/m1/s1/i3D3. The van der Waals surface area contributed by atoms with E-state index in [-0.39, 0.29) is 23.3 Å². The molecule has 1 saturated carbocycles. The van der Waals surface area contributed by atoms with Crippen molar-refractivity contribution in [3.63, 3.8) is 0 Å². The molecule has 0 spiro atoms. The van der Waals surface area contributed by atoms with Gasteiger partial charge in [-0.25, -0.2) is 9.78 Å². The number of nitrogens with zero attached hydrogens (tertiary/aromatic N) is 3. The predicted molar refractivity (Wildman–Crippen MR) is 84.5 cm³/mol. The van der Waals surface area contributed by atoms with Gasteiger partial charge >= 0.3 is 5.69 Å². The minimum atomic E-state index is -2.61. The van der Waals surface area contributed by atoms with Crippen molar-refractivity contribution in [1.29, 1.82) is 0 Å². The van der Waals surface area contributed by atoms with Gasteiger partial charge in [0.05, 0.1) is 17.2 Å². The first kappa shape index (κ1) is 11.3. The summed E-state index contributed by atoms with van der Waals surface area (Å²) in [6, 6.07) is 1.30. The first-order valence-electron chi connectivity index (χ1n) is 8.69. The molecule has 3 rings (SSSR count). The van der Waals surface area contributed by atoms with Crippen LogP contribution in [0.5, 0.6) is 0 Å². The molecule has 0 bridgehead atoms. The summed E-state index contributed by atoms with van der Waals surface area (Å²) < 4.78 is 25.3. The molecule has 0 unspecified atom stereocenters. The number of imidazole rings is 1. The van der Waals surface area contributed by atoms with Crippen molar-refractivity contribution in [3.05, 3.63) is 22.7 Å². The monoisotopic (exact) mass is 306 g/mol. The molecule has 0 radical (unpaired) electrons. The number of aryl methyl sites for hydroxylation is 1. The molecule has 1 amide bonds. The highest BCUT2D eigenvalue weighted by Gasteiger charge is 2.38. The maximum Gasteiger partial charge on any atom is 0.329 e. The van der Waals surface area contributed by atoms with Crippen LogP contribution in [0, 0.1) is 0 Å². The van der Waals surface area contributed by atoms with Gasteiger partial charge in [-0.05, 0) is 26.2 Å². The zero-order valence-corrected chi connectivity index (χ0v) is 12.6. The van der Waals surface area contributed by atoms with Gasteiger partial charge in [0, 0.05) is 35.7 Å². The Morgan fingerprint density at radius 1 is 1.59 bits per heavy atom. The number of amides is 1. The zero-order valence-electron chi connectivity index (χ0n) is 15.6. The number of nitrogens with one attached hydrogen (secondary N) is 1. The van der Waals surface area contributed by atoms with Crippen molar-refractivity contribution < 1.29 is 8.91 Å². The largest absolute Gasteiger partial charge is 0.384 e. The van der Waals surface area contributed by atoms with Crippen LogP contribution in [0.3, 0.4) is 0 Å². The van der Waals surface area contributed by atoms with Gasteiger partial charge in [0.1, 0.15) is 5.82 Å². The van der Waals surface area contributed by atoms with Gasteiger partial charge < -0.3 is 11.1 Å². The topological polar surface area (TPSA) is 94.9 Å². The molecule has 2 aromatic rings. The summed E-state index contributed by atoms with van der Waals surface area (Å²) in [5.74, 6) is 0.0837. The van der Waals surface area contributed by atoms with Crippen molar-refractivity contribution in [2.75, 3.05) is 5.73 Å². The SMILES string of the molecule is [2H]C([2H])([2H])n1c(=O)n([C@@H]2CC[C@](C)(NC(C)=O)C2)c2cc(N)ncc21. The van der Waals surface area contributed by atoms with E-state index in [1.807, 2.05) is 6.92 Å². The number of carbonyl (C=O) groups excluding carboxylic acids is 1. The fraction of sp³-hybridized carbons (Fsp3) is 0.533. The summed E-state index contributed by atoms with van der Waals surface area (Å²) in [7, 11) is 0. The van der Waals surface area contributed by atoms with Crippen LogP contribution >= 0.6 is 0 Å². The molecule has 2 heterocycles. The Morgan fingerprint density at radius 3 is 3.05 bits per heavy atom. The van der Waals surface area contributed by atoms with Crippen LogP contribution in [0.25, 0.3) is 11.0 Å². The second kappa shape index (κ2) is 4.86.